The fraction of sp³-hybridized carbons (Fsp3) is 0.150. The molecular weight excluding hydrogens is 379 g/mol. The summed E-state index contributed by atoms with van der Waals surface area (Å²) >= 11 is 1.22. The zero-order valence-corrected chi connectivity index (χ0v) is 16.2. The maximum atomic E-state index is 12.9. The second kappa shape index (κ2) is 8.62. The molecular formula is C20H19FN4O2S. The molecule has 144 valence electrons. The van der Waals surface area contributed by atoms with Crippen LogP contribution >= 0.6 is 11.3 Å². The fourth-order valence-electron chi connectivity index (χ4n) is 2.48. The Morgan fingerprint density at radius 1 is 1.04 bits per heavy atom. The van der Waals surface area contributed by atoms with Crippen LogP contribution in [0.1, 0.15) is 16.8 Å². The van der Waals surface area contributed by atoms with E-state index in [0.29, 0.717) is 16.5 Å². The third kappa shape index (κ3) is 5.14. The van der Waals surface area contributed by atoms with E-state index in [1.54, 1.807) is 5.38 Å². The minimum absolute atomic E-state index is 0.102. The molecule has 0 aliphatic rings. The van der Waals surface area contributed by atoms with E-state index in [9.17, 15) is 14.0 Å². The number of rotatable bonds is 5. The topological polar surface area (TPSA) is 83.1 Å². The van der Waals surface area contributed by atoms with Crippen LogP contribution in [0.25, 0.3) is 0 Å². The van der Waals surface area contributed by atoms with Crippen molar-refractivity contribution >= 4 is 39.8 Å². The van der Waals surface area contributed by atoms with Crippen molar-refractivity contribution in [2.45, 2.75) is 20.3 Å². The van der Waals surface area contributed by atoms with Crippen molar-refractivity contribution in [2.75, 3.05) is 16.0 Å². The van der Waals surface area contributed by atoms with Gasteiger partial charge >= 0.3 is 6.03 Å². The van der Waals surface area contributed by atoms with Crippen molar-refractivity contribution in [3.63, 3.8) is 0 Å². The Balaban J connectivity index is 1.54. The van der Waals surface area contributed by atoms with Gasteiger partial charge in [-0.3, -0.25) is 10.1 Å². The quantitative estimate of drug-likeness (QED) is 0.581. The second-order valence-corrected chi connectivity index (χ2v) is 7.06. The van der Waals surface area contributed by atoms with Crippen LogP contribution in [0.4, 0.5) is 25.7 Å². The monoisotopic (exact) mass is 398 g/mol. The highest BCUT2D eigenvalue weighted by Gasteiger charge is 2.11. The molecule has 0 atom stereocenters. The number of carbonyl (C=O) groups is 2. The van der Waals surface area contributed by atoms with Gasteiger partial charge in [0.15, 0.2) is 5.13 Å². The second-order valence-electron chi connectivity index (χ2n) is 6.20. The summed E-state index contributed by atoms with van der Waals surface area (Å²) in [4.78, 5) is 28.5. The highest BCUT2D eigenvalue weighted by atomic mass is 32.1. The average Bonchev–Trinajstić information content (AvgIpc) is 3.07. The molecule has 28 heavy (non-hydrogen) atoms. The summed E-state index contributed by atoms with van der Waals surface area (Å²) in [6.45, 7) is 3.94. The lowest BCUT2D eigenvalue weighted by Crippen LogP contribution is -2.19. The Hall–Kier alpha value is -3.26. The van der Waals surface area contributed by atoms with Gasteiger partial charge in [0.1, 0.15) is 5.82 Å². The van der Waals surface area contributed by atoms with Crippen molar-refractivity contribution in [3.05, 3.63) is 70.5 Å². The highest BCUT2D eigenvalue weighted by Crippen LogP contribution is 2.20. The lowest BCUT2D eigenvalue weighted by atomic mass is 10.1. The van der Waals surface area contributed by atoms with E-state index < -0.39 is 6.03 Å². The summed E-state index contributed by atoms with van der Waals surface area (Å²) in [5.41, 5.74) is 3.92. The summed E-state index contributed by atoms with van der Waals surface area (Å²) in [6.07, 6.45) is 0.102. The molecule has 1 aromatic heterocycles. The lowest BCUT2D eigenvalue weighted by Gasteiger charge is -2.09. The van der Waals surface area contributed by atoms with Gasteiger partial charge in [-0.05, 0) is 55.3 Å². The van der Waals surface area contributed by atoms with Crippen molar-refractivity contribution in [3.8, 4) is 0 Å². The van der Waals surface area contributed by atoms with Crippen LogP contribution in [-0.2, 0) is 11.2 Å². The third-order valence-electron chi connectivity index (χ3n) is 4.09. The molecule has 6 nitrogen and oxygen atoms in total. The Bertz CT molecular complexity index is 1000. The Kier molecular flexibility index (Phi) is 6.00. The summed E-state index contributed by atoms with van der Waals surface area (Å²) in [5, 5.41) is 10.1. The number of aromatic nitrogens is 1. The molecule has 0 aliphatic heterocycles. The lowest BCUT2D eigenvalue weighted by molar-refractivity contribution is -0.115. The Morgan fingerprint density at radius 3 is 2.54 bits per heavy atom. The van der Waals surface area contributed by atoms with Gasteiger partial charge in [0.2, 0.25) is 5.91 Å². The Labute approximate surface area is 165 Å². The summed E-state index contributed by atoms with van der Waals surface area (Å²) in [5.74, 6) is -0.559. The molecule has 3 rings (SSSR count). The standard InChI is InChI=1S/C20H19FN4O2S/c1-12-4-3-5-17(13(12)2)24-18(26)10-16-11-28-20(23-16)25-19(27)22-15-8-6-14(21)7-9-15/h3-9,11H,10H2,1-2H3,(H,24,26)(H2,22,23,25,27). The van der Waals surface area contributed by atoms with Gasteiger partial charge in [-0.1, -0.05) is 12.1 Å². The van der Waals surface area contributed by atoms with Crippen LogP contribution in [0.5, 0.6) is 0 Å². The molecule has 0 spiro atoms. The van der Waals surface area contributed by atoms with Crippen LogP contribution in [0.15, 0.2) is 47.8 Å². The maximum Gasteiger partial charge on any atom is 0.325 e. The number of hydrogen-bond donors (Lipinski definition) is 3. The van der Waals surface area contributed by atoms with E-state index in [0.717, 1.165) is 16.8 Å². The number of carbonyl (C=O) groups excluding carboxylic acids is 2. The number of anilines is 3. The number of thiazole rings is 1. The van der Waals surface area contributed by atoms with Crippen LogP contribution in [-0.4, -0.2) is 16.9 Å². The van der Waals surface area contributed by atoms with Gasteiger partial charge in [-0.25, -0.2) is 14.2 Å². The molecule has 3 N–H and O–H groups in total. The first-order valence-electron chi connectivity index (χ1n) is 8.55. The first-order chi connectivity index (χ1) is 13.4. The number of hydrogen-bond acceptors (Lipinski definition) is 4. The zero-order chi connectivity index (χ0) is 20.1. The molecule has 0 bridgehead atoms. The van der Waals surface area contributed by atoms with E-state index in [2.05, 4.69) is 20.9 Å². The number of benzene rings is 2. The van der Waals surface area contributed by atoms with E-state index in [4.69, 9.17) is 0 Å². The van der Waals surface area contributed by atoms with Crippen molar-refractivity contribution < 1.29 is 14.0 Å². The fourth-order valence-corrected chi connectivity index (χ4v) is 3.19. The van der Waals surface area contributed by atoms with E-state index in [-0.39, 0.29) is 18.1 Å². The molecule has 0 saturated heterocycles. The van der Waals surface area contributed by atoms with Gasteiger partial charge in [-0.2, -0.15) is 0 Å². The number of nitrogens with zero attached hydrogens (tertiary/aromatic N) is 1. The SMILES string of the molecule is Cc1cccc(NC(=O)Cc2csc(NC(=O)Nc3ccc(F)cc3)n2)c1C. The van der Waals surface area contributed by atoms with Crippen molar-refractivity contribution in [1.29, 1.82) is 0 Å². The molecule has 1 heterocycles. The first kappa shape index (κ1) is 19.5. The van der Waals surface area contributed by atoms with Crippen LogP contribution in [0, 0.1) is 19.7 Å². The molecule has 2 aromatic carbocycles. The predicted molar refractivity (Wildman–Crippen MR) is 109 cm³/mol. The molecule has 0 fully saturated rings. The van der Waals surface area contributed by atoms with Crippen LogP contribution in [0.2, 0.25) is 0 Å². The molecule has 0 aliphatic carbocycles. The van der Waals surface area contributed by atoms with Gasteiger partial charge in [0.05, 0.1) is 12.1 Å². The Morgan fingerprint density at radius 2 is 1.79 bits per heavy atom. The number of urea groups is 1. The normalized spacial score (nSPS) is 10.4. The smallest absolute Gasteiger partial charge is 0.325 e. The minimum Gasteiger partial charge on any atom is -0.325 e. The van der Waals surface area contributed by atoms with E-state index in [1.165, 1.54) is 35.6 Å². The number of amides is 3. The summed E-state index contributed by atoms with van der Waals surface area (Å²) in [7, 11) is 0. The highest BCUT2D eigenvalue weighted by molar-refractivity contribution is 7.14. The van der Waals surface area contributed by atoms with Crippen molar-refractivity contribution in [2.24, 2.45) is 0 Å². The minimum atomic E-state index is -0.493. The molecule has 3 aromatic rings. The van der Waals surface area contributed by atoms with Crippen LogP contribution in [0.3, 0.4) is 0 Å². The van der Waals surface area contributed by atoms with Gasteiger partial charge in [-0.15, -0.1) is 11.3 Å². The van der Waals surface area contributed by atoms with Crippen LogP contribution < -0.4 is 16.0 Å². The summed E-state index contributed by atoms with van der Waals surface area (Å²) in [6, 6.07) is 10.7. The van der Waals surface area contributed by atoms with Gasteiger partial charge in [0.25, 0.3) is 0 Å². The largest absolute Gasteiger partial charge is 0.325 e. The van der Waals surface area contributed by atoms with Gasteiger partial charge < -0.3 is 10.6 Å². The molecule has 0 radical (unpaired) electrons. The number of nitrogens with one attached hydrogen (secondary N) is 3. The maximum absolute atomic E-state index is 12.9. The number of halogens is 1. The first-order valence-corrected chi connectivity index (χ1v) is 9.43. The molecule has 3 amide bonds. The molecule has 0 unspecified atom stereocenters. The van der Waals surface area contributed by atoms with Crippen molar-refractivity contribution in [1.82, 2.24) is 4.98 Å². The molecule has 8 heteroatoms. The zero-order valence-electron chi connectivity index (χ0n) is 15.4. The number of aryl methyl sites for hydroxylation is 1. The third-order valence-corrected chi connectivity index (χ3v) is 4.90. The van der Waals surface area contributed by atoms with E-state index in [1.807, 2.05) is 32.0 Å². The van der Waals surface area contributed by atoms with E-state index >= 15 is 0 Å². The molecule has 0 saturated carbocycles. The summed E-state index contributed by atoms with van der Waals surface area (Å²) < 4.78 is 12.9. The predicted octanol–water partition coefficient (Wildman–Crippen LogP) is 4.72. The van der Waals surface area contributed by atoms with Gasteiger partial charge in [0, 0.05) is 16.8 Å². The average molecular weight is 398 g/mol.